The topological polar surface area (TPSA) is 114 Å². The van der Waals surface area contributed by atoms with Crippen molar-refractivity contribution in [2.24, 2.45) is 0 Å². The van der Waals surface area contributed by atoms with Gasteiger partial charge in [-0.3, -0.25) is 14.8 Å². The van der Waals surface area contributed by atoms with Gasteiger partial charge in [0.05, 0.1) is 34.7 Å². The molecule has 3 aromatic rings. The van der Waals surface area contributed by atoms with Crippen LogP contribution in [-0.4, -0.2) is 49.7 Å². The molecule has 0 spiro atoms. The summed E-state index contributed by atoms with van der Waals surface area (Å²) < 4.78 is 16.0. The number of likely N-dealkylation sites (tertiary alicyclic amines) is 1. The van der Waals surface area contributed by atoms with Crippen LogP contribution in [-0.2, 0) is 0 Å². The molecule has 1 fully saturated rings. The highest BCUT2D eigenvalue weighted by Gasteiger charge is 2.19. The molecule has 0 atom stereocenters. The highest BCUT2D eigenvalue weighted by atomic mass is 35.5. The quantitative estimate of drug-likeness (QED) is 0.429. The number of non-ortho nitro benzene ring substituents is 1. The number of hydrogen-bond acceptors (Lipinski definition) is 8. The van der Waals surface area contributed by atoms with Gasteiger partial charge < -0.3 is 15.5 Å². The summed E-state index contributed by atoms with van der Waals surface area (Å²) in [7, 11) is 2.11. The summed E-state index contributed by atoms with van der Waals surface area (Å²) in [4.78, 5) is 21.0. The fraction of sp³-hybridized carbons (Fsp3) is 0.316. The number of halogens is 2. The Morgan fingerprint density at radius 1 is 1.26 bits per heavy atom. The van der Waals surface area contributed by atoms with Crippen LogP contribution in [0, 0.1) is 15.9 Å². The maximum atomic E-state index is 14.1. The largest absolute Gasteiger partial charge is 0.336 e. The van der Waals surface area contributed by atoms with Gasteiger partial charge in [0, 0.05) is 18.3 Å². The maximum absolute atomic E-state index is 14.1. The molecular weight excluding hydrogens is 427 g/mol. The Kier molecular flexibility index (Phi) is 5.96. The molecule has 0 amide bonds. The predicted molar refractivity (Wildman–Crippen MR) is 115 cm³/mol. The number of nitro groups is 1. The summed E-state index contributed by atoms with van der Waals surface area (Å²) >= 11 is 6.13. The highest BCUT2D eigenvalue weighted by molar-refractivity contribution is 6.32. The van der Waals surface area contributed by atoms with Crippen LogP contribution >= 0.6 is 11.6 Å². The first-order valence-corrected chi connectivity index (χ1v) is 10.00. The molecule has 1 aliphatic heterocycles. The third-order valence-electron chi connectivity index (χ3n) is 5.08. The van der Waals surface area contributed by atoms with Crippen LogP contribution in [0.15, 0.2) is 36.8 Å². The van der Waals surface area contributed by atoms with E-state index in [4.69, 9.17) is 11.6 Å². The minimum absolute atomic E-state index is 0.112. The molecule has 0 radical (unpaired) electrons. The van der Waals surface area contributed by atoms with Crippen molar-refractivity contribution < 1.29 is 9.31 Å². The van der Waals surface area contributed by atoms with Gasteiger partial charge in [-0.05, 0) is 39.0 Å². The Morgan fingerprint density at radius 2 is 2.03 bits per heavy atom. The standard InChI is InChI=1S/C19H20ClFN8O2/c1-27-6-4-13(5-7-27)28-11-12(9-23-28)24-19-22-10-15(20)18(26-19)25-17-8-14(29(30)31)2-3-16(17)21/h2-3,8-11,13H,4-7H2,1H3,(H2,22,24,25,26). The molecule has 4 rings (SSSR count). The van der Waals surface area contributed by atoms with Gasteiger partial charge in [0.15, 0.2) is 5.82 Å². The second kappa shape index (κ2) is 8.82. The lowest BCUT2D eigenvalue weighted by atomic mass is 10.1. The zero-order valence-corrected chi connectivity index (χ0v) is 17.4. The van der Waals surface area contributed by atoms with Crippen molar-refractivity contribution in [2.75, 3.05) is 30.8 Å². The molecule has 12 heteroatoms. The number of piperidine rings is 1. The van der Waals surface area contributed by atoms with Gasteiger partial charge >= 0.3 is 0 Å². The molecule has 1 aromatic carbocycles. The van der Waals surface area contributed by atoms with Gasteiger partial charge in [-0.2, -0.15) is 10.1 Å². The fourth-order valence-corrected chi connectivity index (χ4v) is 3.49. The van der Waals surface area contributed by atoms with Gasteiger partial charge in [0.1, 0.15) is 10.8 Å². The van der Waals surface area contributed by atoms with E-state index < -0.39 is 10.7 Å². The van der Waals surface area contributed by atoms with Crippen LogP contribution in [0.25, 0.3) is 0 Å². The molecule has 1 saturated heterocycles. The minimum atomic E-state index is -0.672. The average molecular weight is 447 g/mol. The van der Waals surface area contributed by atoms with E-state index in [1.165, 1.54) is 6.20 Å². The molecule has 0 unspecified atom stereocenters. The summed E-state index contributed by atoms with van der Waals surface area (Å²) in [5.74, 6) is -0.337. The minimum Gasteiger partial charge on any atom is -0.336 e. The Balaban J connectivity index is 1.50. The molecule has 0 aliphatic carbocycles. The number of nitro benzene ring substituents is 1. The van der Waals surface area contributed by atoms with Crippen molar-refractivity contribution >= 4 is 40.4 Å². The van der Waals surface area contributed by atoms with E-state index in [0.29, 0.717) is 11.7 Å². The number of rotatable bonds is 6. The van der Waals surface area contributed by atoms with E-state index in [1.54, 1.807) is 6.20 Å². The monoisotopic (exact) mass is 446 g/mol. The maximum Gasteiger partial charge on any atom is 0.271 e. The normalized spacial score (nSPS) is 15.1. The molecule has 2 N–H and O–H groups in total. The molecule has 10 nitrogen and oxygen atoms in total. The predicted octanol–water partition coefficient (Wildman–Crippen LogP) is 4.13. The van der Waals surface area contributed by atoms with Gasteiger partial charge in [-0.1, -0.05) is 11.6 Å². The highest BCUT2D eigenvalue weighted by Crippen LogP contribution is 2.29. The second-order valence-corrected chi connectivity index (χ2v) is 7.71. The first kappa shape index (κ1) is 20.9. The molecule has 31 heavy (non-hydrogen) atoms. The van der Waals surface area contributed by atoms with Crippen molar-refractivity contribution in [3.8, 4) is 0 Å². The van der Waals surface area contributed by atoms with Crippen molar-refractivity contribution in [1.82, 2.24) is 24.6 Å². The first-order valence-electron chi connectivity index (χ1n) is 9.62. The van der Waals surface area contributed by atoms with Crippen LogP contribution in [0.5, 0.6) is 0 Å². The van der Waals surface area contributed by atoms with Crippen LogP contribution in [0.2, 0.25) is 5.02 Å². The van der Waals surface area contributed by atoms with E-state index in [9.17, 15) is 14.5 Å². The van der Waals surface area contributed by atoms with E-state index in [2.05, 4.69) is 37.6 Å². The summed E-state index contributed by atoms with van der Waals surface area (Å²) in [6, 6.07) is 3.50. The van der Waals surface area contributed by atoms with Crippen LogP contribution in [0.1, 0.15) is 18.9 Å². The van der Waals surface area contributed by atoms with Gasteiger partial charge in [-0.25, -0.2) is 9.37 Å². The van der Waals surface area contributed by atoms with Crippen molar-refractivity contribution in [2.45, 2.75) is 18.9 Å². The number of hydrogen-bond donors (Lipinski definition) is 2. The zero-order chi connectivity index (χ0) is 22.0. The van der Waals surface area contributed by atoms with E-state index >= 15 is 0 Å². The van der Waals surface area contributed by atoms with Crippen molar-refractivity contribution in [3.63, 3.8) is 0 Å². The summed E-state index contributed by atoms with van der Waals surface area (Å²) in [5, 5.41) is 21.3. The Bertz CT molecular complexity index is 1100. The number of aromatic nitrogens is 4. The van der Waals surface area contributed by atoms with Gasteiger partial charge in [0.25, 0.3) is 5.69 Å². The number of nitrogens with one attached hydrogen (secondary N) is 2. The van der Waals surface area contributed by atoms with E-state index in [1.807, 2.05) is 10.9 Å². The van der Waals surface area contributed by atoms with Gasteiger partial charge in [0.2, 0.25) is 5.95 Å². The smallest absolute Gasteiger partial charge is 0.271 e. The lowest BCUT2D eigenvalue weighted by Crippen LogP contribution is -2.31. The SMILES string of the molecule is CN1CCC(n2cc(Nc3ncc(Cl)c(Nc4cc([N+](=O)[O-])ccc4F)n3)cn2)CC1. The van der Waals surface area contributed by atoms with Crippen molar-refractivity contribution in [3.05, 3.63) is 57.7 Å². The van der Waals surface area contributed by atoms with E-state index in [0.717, 1.165) is 44.1 Å². The second-order valence-electron chi connectivity index (χ2n) is 7.30. The van der Waals surface area contributed by atoms with Gasteiger partial charge in [-0.15, -0.1) is 0 Å². The third kappa shape index (κ3) is 4.89. The Morgan fingerprint density at radius 3 is 2.77 bits per heavy atom. The van der Waals surface area contributed by atoms with Crippen LogP contribution < -0.4 is 10.6 Å². The number of benzene rings is 1. The fourth-order valence-electron chi connectivity index (χ4n) is 3.36. The van der Waals surface area contributed by atoms with Crippen LogP contribution in [0.4, 0.5) is 33.2 Å². The van der Waals surface area contributed by atoms with Crippen LogP contribution in [0.3, 0.4) is 0 Å². The average Bonchev–Trinajstić information content (AvgIpc) is 3.21. The molecule has 1 aliphatic rings. The number of nitrogens with zero attached hydrogens (tertiary/aromatic N) is 6. The van der Waals surface area contributed by atoms with E-state index in [-0.39, 0.29) is 28.2 Å². The van der Waals surface area contributed by atoms with Crippen molar-refractivity contribution in [1.29, 1.82) is 0 Å². The number of anilines is 4. The Labute approximate surface area is 182 Å². The lowest BCUT2D eigenvalue weighted by molar-refractivity contribution is -0.384. The third-order valence-corrected chi connectivity index (χ3v) is 5.35. The summed E-state index contributed by atoms with van der Waals surface area (Å²) in [6.07, 6.45) is 6.98. The lowest BCUT2D eigenvalue weighted by Gasteiger charge is -2.28. The first-order chi connectivity index (χ1) is 14.9. The zero-order valence-electron chi connectivity index (χ0n) is 16.6. The molecule has 0 saturated carbocycles. The molecule has 162 valence electrons. The molecule has 0 bridgehead atoms. The summed E-state index contributed by atoms with van der Waals surface area (Å²) in [5.41, 5.74) is 0.332. The summed E-state index contributed by atoms with van der Waals surface area (Å²) in [6.45, 7) is 2.05. The Hall–Kier alpha value is -3.31. The molecule has 3 heterocycles. The molecule has 2 aromatic heterocycles. The molecular formula is C19H20ClFN8O2.